The van der Waals surface area contributed by atoms with E-state index in [2.05, 4.69) is 25.6 Å². The first kappa shape index (κ1) is 14.0. The van der Waals surface area contributed by atoms with E-state index < -0.39 is 0 Å². The molecule has 1 saturated heterocycles. The van der Waals surface area contributed by atoms with E-state index >= 15 is 0 Å². The summed E-state index contributed by atoms with van der Waals surface area (Å²) in [6, 6.07) is 5.39. The number of fused-ring (bicyclic) bond motifs is 1. The van der Waals surface area contributed by atoms with Gasteiger partial charge in [0.15, 0.2) is 0 Å². The molecule has 3 rings (SSSR count). The summed E-state index contributed by atoms with van der Waals surface area (Å²) < 4.78 is 0. The van der Waals surface area contributed by atoms with E-state index in [-0.39, 0.29) is 5.91 Å². The number of rotatable bonds is 5. The van der Waals surface area contributed by atoms with Crippen molar-refractivity contribution in [2.24, 2.45) is 0 Å². The first-order valence-electron chi connectivity index (χ1n) is 7.64. The van der Waals surface area contributed by atoms with E-state index in [1.165, 1.54) is 32.4 Å². The molecule has 0 spiro atoms. The Kier molecular flexibility index (Phi) is 4.45. The summed E-state index contributed by atoms with van der Waals surface area (Å²) in [4.78, 5) is 14.6. The molecular formula is C15H21N5O. The van der Waals surface area contributed by atoms with Gasteiger partial charge in [0.1, 0.15) is 5.52 Å². The van der Waals surface area contributed by atoms with Crippen LogP contribution in [0.3, 0.4) is 0 Å². The van der Waals surface area contributed by atoms with Gasteiger partial charge >= 0.3 is 0 Å². The molecular weight excluding hydrogens is 266 g/mol. The van der Waals surface area contributed by atoms with Crippen LogP contribution in [0.15, 0.2) is 18.2 Å². The maximum Gasteiger partial charge on any atom is 0.251 e. The Balaban J connectivity index is 1.45. The van der Waals surface area contributed by atoms with Crippen LogP contribution in [0.1, 0.15) is 36.0 Å². The molecule has 6 nitrogen and oxygen atoms in total. The van der Waals surface area contributed by atoms with Crippen molar-refractivity contribution in [3.05, 3.63) is 23.8 Å². The second kappa shape index (κ2) is 6.67. The summed E-state index contributed by atoms with van der Waals surface area (Å²) in [7, 11) is 0. The van der Waals surface area contributed by atoms with Gasteiger partial charge in [-0.1, -0.05) is 11.6 Å². The van der Waals surface area contributed by atoms with E-state index in [0.29, 0.717) is 12.1 Å². The van der Waals surface area contributed by atoms with Crippen LogP contribution in [0, 0.1) is 0 Å². The number of carbonyl (C=O) groups excluding carboxylic acids is 1. The average Bonchev–Trinajstić information content (AvgIpc) is 3.00. The Labute approximate surface area is 123 Å². The van der Waals surface area contributed by atoms with Gasteiger partial charge in [-0.3, -0.25) is 9.89 Å². The SMILES string of the molecule is O=C(NCCCN1CCCCC1)c1ccc2[nH]nnc2c1. The normalized spacial score (nSPS) is 16.2. The van der Waals surface area contributed by atoms with Crippen LogP contribution in [0.4, 0.5) is 0 Å². The Bertz CT molecular complexity index is 603. The number of nitrogens with one attached hydrogen (secondary N) is 2. The van der Waals surface area contributed by atoms with E-state index in [1.807, 2.05) is 6.07 Å². The van der Waals surface area contributed by atoms with Gasteiger partial charge in [-0.25, -0.2) is 0 Å². The molecule has 0 unspecified atom stereocenters. The largest absolute Gasteiger partial charge is 0.352 e. The van der Waals surface area contributed by atoms with Gasteiger partial charge in [0.2, 0.25) is 0 Å². The minimum atomic E-state index is -0.0430. The number of H-pyrrole nitrogens is 1. The number of carbonyl (C=O) groups is 1. The summed E-state index contributed by atoms with van der Waals surface area (Å²) in [6.45, 7) is 4.20. The lowest BCUT2D eigenvalue weighted by atomic mass is 10.1. The Morgan fingerprint density at radius 3 is 3.00 bits per heavy atom. The van der Waals surface area contributed by atoms with Crippen LogP contribution in [0.5, 0.6) is 0 Å². The third kappa shape index (κ3) is 3.58. The van der Waals surface area contributed by atoms with Crippen molar-refractivity contribution in [1.82, 2.24) is 25.6 Å². The minimum Gasteiger partial charge on any atom is -0.352 e. The van der Waals surface area contributed by atoms with Crippen molar-refractivity contribution in [3.8, 4) is 0 Å². The number of aromatic amines is 1. The molecule has 21 heavy (non-hydrogen) atoms. The molecule has 1 aliphatic rings. The van der Waals surface area contributed by atoms with Crippen molar-refractivity contribution in [2.75, 3.05) is 26.2 Å². The molecule has 1 amide bonds. The zero-order chi connectivity index (χ0) is 14.5. The van der Waals surface area contributed by atoms with Crippen LogP contribution < -0.4 is 5.32 Å². The first-order chi connectivity index (χ1) is 10.3. The van der Waals surface area contributed by atoms with Crippen molar-refractivity contribution in [2.45, 2.75) is 25.7 Å². The fourth-order valence-corrected chi connectivity index (χ4v) is 2.77. The summed E-state index contributed by atoms with van der Waals surface area (Å²) in [5, 5.41) is 13.4. The van der Waals surface area contributed by atoms with Gasteiger partial charge in [0.05, 0.1) is 5.52 Å². The summed E-state index contributed by atoms with van der Waals surface area (Å²) in [5.41, 5.74) is 2.20. The van der Waals surface area contributed by atoms with Gasteiger partial charge in [-0.2, -0.15) is 0 Å². The average molecular weight is 287 g/mol. The Morgan fingerprint density at radius 1 is 1.29 bits per heavy atom. The maximum absolute atomic E-state index is 12.1. The summed E-state index contributed by atoms with van der Waals surface area (Å²) >= 11 is 0. The lowest BCUT2D eigenvalue weighted by Gasteiger charge is -2.26. The van der Waals surface area contributed by atoms with E-state index in [1.54, 1.807) is 12.1 Å². The number of likely N-dealkylation sites (tertiary alicyclic amines) is 1. The van der Waals surface area contributed by atoms with Crippen LogP contribution in [-0.4, -0.2) is 52.4 Å². The third-order valence-electron chi connectivity index (χ3n) is 3.97. The number of piperidine rings is 1. The van der Waals surface area contributed by atoms with Gasteiger partial charge in [0, 0.05) is 12.1 Å². The zero-order valence-corrected chi connectivity index (χ0v) is 12.1. The highest BCUT2D eigenvalue weighted by Crippen LogP contribution is 2.11. The van der Waals surface area contributed by atoms with Crippen LogP contribution in [0.25, 0.3) is 11.0 Å². The molecule has 0 saturated carbocycles. The standard InChI is InChI=1S/C15H21N5O/c21-15(12-5-6-13-14(11-12)18-19-17-13)16-7-4-10-20-8-2-1-3-9-20/h5-6,11H,1-4,7-10H2,(H,16,21)(H,17,18,19). The molecule has 2 aromatic rings. The minimum absolute atomic E-state index is 0.0430. The quantitative estimate of drug-likeness (QED) is 0.819. The fraction of sp³-hybridized carbons (Fsp3) is 0.533. The van der Waals surface area contributed by atoms with Crippen LogP contribution in [0.2, 0.25) is 0 Å². The lowest BCUT2D eigenvalue weighted by molar-refractivity contribution is 0.0951. The van der Waals surface area contributed by atoms with Gasteiger partial charge in [0.25, 0.3) is 5.91 Å². The molecule has 0 radical (unpaired) electrons. The van der Waals surface area contributed by atoms with Crippen LogP contribution >= 0.6 is 0 Å². The monoisotopic (exact) mass is 287 g/mol. The third-order valence-corrected chi connectivity index (χ3v) is 3.97. The maximum atomic E-state index is 12.1. The molecule has 2 N–H and O–H groups in total. The first-order valence-corrected chi connectivity index (χ1v) is 7.64. The molecule has 1 aromatic carbocycles. The molecule has 6 heteroatoms. The van der Waals surface area contributed by atoms with E-state index in [0.717, 1.165) is 24.0 Å². The number of aromatic nitrogens is 3. The van der Waals surface area contributed by atoms with E-state index in [4.69, 9.17) is 0 Å². The van der Waals surface area contributed by atoms with Gasteiger partial charge < -0.3 is 10.2 Å². The number of benzene rings is 1. The number of nitrogens with zero attached hydrogens (tertiary/aromatic N) is 3. The number of amides is 1. The summed E-state index contributed by atoms with van der Waals surface area (Å²) in [5.74, 6) is -0.0430. The number of hydrogen-bond acceptors (Lipinski definition) is 4. The molecule has 0 atom stereocenters. The molecule has 1 aromatic heterocycles. The van der Waals surface area contributed by atoms with Crippen molar-refractivity contribution < 1.29 is 4.79 Å². The smallest absolute Gasteiger partial charge is 0.251 e. The molecule has 0 bridgehead atoms. The predicted octanol–water partition coefficient (Wildman–Crippen LogP) is 1.56. The van der Waals surface area contributed by atoms with Gasteiger partial charge in [-0.05, 0) is 57.1 Å². The lowest BCUT2D eigenvalue weighted by Crippen LogP contribution is -2.33. The molecule has 2 heterocycles. The zero-order valence-electron chi connectivity index (χ0n) is 12.1. The highest BCUT2D eigenvalue weighted by molar-refractivity contribution is 5.97. The number of hydrogen-bond donors (Lipinski definition) is 2. The fourth-order valence-electron chi connectivity index (χ4n) is 2.77. The topological polar surface area (TPSA) is 73.9 Å². The van der Waals surface area contributed by atoms with Crippen molar-refractivity contribution in [1.29, 1.82) is 0 Å². The molecule has 112 valence electrons. The van der Waals surface area contributed by atoms with Crippen LogP contribution in [-0.2, 0) is 0 Å². The van der Waals surface area contributed by atoms with E-state index in [9.17, 15) is 4.79 Å². The molecule has 0 aliphatic carbocycles. The second-order valence-corrected chi connectivity index (χ2v) is 5.56. The second-order valence-electron chi connectivity index (χ2n) is 5.56. The predicted molar refractivity (Wildman–Crippen MR) is 81.1 cm³/mol. The highest BCUT2D eigenvalue weighted by atomic mass is 16.1. The highest BCUT2D eigenvalue weighted by Gasteiger charge is 2.10. The summed E-state index contributed by atoms with van der Waals surface area (Å²) in [6.07, 6.45) is 4.98. The Morgan fingerprint density at radius 2 is 2.14 bits per heavy atom. The van der Waals surface area contributed by atoms with Crippen molar-refractivity contribution >= 4 is 16.9 Å². The Hall–Kier alpha value is -1.95. The molecule has 1 fully saturated rings. The van der Waals surface area contributed by atoms with Gasteiger partial charge in [-0.15, -0.1) is 5.10 Å². The van der Waals surface area contributed by atoms with Crippen molar-refractivity contribution in [3.63, 3.8) is 0 Å². The molecule has 1 aliphatic heterocycles.